The van der Waals surface area contributed by atoms with Gasteiger partial charge < -0.3 is 5.32 Å². The molecule has 0 atom stereocenters. The number of rotatable bonds is 3. The van der Waals surface area contributed by atoms with Crippen LogP contribution in [0.4, 0.5) is 23.4 Å². The number of aromatic amines is 2. The van der Waals surface area contributed by atoms with Gasteiger partial charge in [0.1, 0.15) is 11.6 Å². The summed E-state index contributed by atoms with van der Waals surface area (Å²) in [6, 6.07) is 3.86. The molecule has 1 aromatic carbocycles. The summed E-state index contributed by atoms with van der Waals surface area (Å²) in [6.07, 6.45) is -4.71. The molecule has 3 aromatic heterocycles. The molecular formula is C14H9F4N9O. The molecule has 0 spiro atoms. The molecule has 0 aliphatic heterocycles. The Kier molecular flexibility index (Phi) is 3.83. The Balaban J connectivity index is 1.61. The summed E-state index contributed by atoms with van der Waals surface area (Å²) in [7, 11) is 0. The fourth-order valence-corrected chi connectivity index (χ4v) is 2.40. The molecule has 3 N–H and O–H groups in total. The average Bonchev–Trinajstić information content (AvgIpc) is 3.33. The molecule has 4 rings (SSSR count). The van der Waals surface area contributed by atoms with E-state index in [0.717, 1.165) is 4.68 Å². The van der Waals surface area contributed by atoms with Gasteiger partial charge in [0.25, 0.3) is 11.9 Å². The van der Waals surface area contributed by atoms with Crippen molar-refractivity contribution >= 4 is 22.6 Å². The summed E-state index contributed by atoms with van der Waals surface area (Å²) in [4.78, 5) is 19.6. The van der Waals surface area contributed by atoms with Crippen LogP contribution < -0.4 is 5.32 Å². The quantitative estimate of drug-likeness (QED) is 0.455. The number of carbonyl (C=O) groups excluding carboxylic acids is 1. The number of benzene rings is 1. The Labute approximate surface area is 152 Å². The van der Waals surface area contributed by atoms with E-state index in [1.807, 2.05) is 0 Å². The highest BCUT2D eigenvalue weighted by Gasteiger charge is 2.35. The Morgan fingerprint density at radius 1 is 1.18 bits per heavy atom. The lowest BCUT2D eigenvalue weighted by atomic mass is 10.2. The van der Waals surface area contributed by atoms with Crippen LogP contribution in [0.15, 0.2) is 18.2 Å². The van der Waals surface area contributed by atoms with E-state index >= 15 is 0 Å². The standard InChI is InChI=1S/C14H9F4N9O/c1-5-19-10(26-27(5)13-21-12(24-25-13)14(16,17)18)11(28)20-9-7-4-6(15)2-3-8(7)22-23-9/h2-4H,1H3,(H,21,24,25)(H2,20,22,23,28). The fourth-order valence-electron chi connectivity index (χ4n) is 2.40. The second kappa shape index (κ2) is 6.11. The number of hydrogen-bond donors (Lipinski definition) is 3. The summed E-state index contributed by atoms with van der Waals surface area (Å²) < 4.78 is 52.2. The van der Waals surface area contributed by atoms with Crippen molar-refractivity contribution in [3.8, 4) is 5.95 Å². The second-order valence-corrected chi connectivity index (χ2v) is 5.59. The molecule has 0 saturated heterocycles. The monoisotopic (exact) mass is 395 g/mol. The fraction of sp³-hybridized carbons (Fsp3) is 0.143. The van der Waals surface area contributed by atoms with E-state index in [9.17, 15) is 22.4 Å². The van der Waals surface area contributed by atoms with Crippen LogP contribution in [0, 0.1) is 12.7 Å². The van der Waals surface area contributed by atoms with Crippen molar-refractivity contribution < 1.29 is 22.4 Å². The smallest absolute Gasteiger partial charge is 0.302 e. The Hall–Kier alpha value is -3.84. The summed E-state index contributed by atoms with van der Waals surface area (Å²) in [5, 5.41) is 18.2. The first-order chi connectivity index (χ1) is 13.2. The molecule has 0 saturated carbocycles. The van der Waals surface area contributed by atoms with Gasteiger partial charge in [-0.15, -0.1) is 10.2 Å². The maximum atomic E-state index is 13.4. The molecule has 144 valence electrons. The molecule has 0 aliphatic carbocycles. The average molecular weight is 395 g/mol. The summed E-state index contributed by atoms with van der Waals surface area (Å²) in [6.45, 7) is 1.41. The topological polar surface area (TPSA) is 130 Å². The highest BCUT2D eigenvalue weighted by molar-refractivity contribution is 6.05. The molecule has 3 heterocycles. The van der Waals surface area contributed by atoms with Crippen LogP contribution >= 0.6 is 0 Å². The molecule has 10 nitrogen and oxygen atoms in total. The Bertz CT molecular complexity index is 1190. The summed E-state index contributed by atoms with van der Waals surface area (Å²) in [5.41, 5.74) is 0.492. The number of fused-ring (bicyclic) bond motifs is 1. The first-order valence-corrected chi connectivity index (χ1v) is 7.61. The summed E-state index contributed by atoms with van der Waals surface area (Å²) in [5.74, 6) is -3.29. The van der Waals surface area contributed by atoms with Crippen LogP contribution in [-0.4, -0.2) is 46.1 Å². The minimum absolute atomic E-state index is 0.0470. The van der Waals surface area contributed by atoms with Crippen molar-refractivity contribution in [1.29, 1.82) is 0 Å². The van der Waals surface area contributed by atoms with E-state index < -0.39 is 29.7 Å². The molecule has 0 bridgehead atoms. The molecule has 0 fully saturated rings. The zero-order chi connectivity index (χ0) is 20.1. The molecule has 0 unspecified atom stereocenters. The van der Waals surface area contributed by atoms with Gasteiger partial charge >= 0.3 is 6.18 Å². The molecule has 0 radical (unpaired) electrons. The van der Waals surface area contributed by atoms with Crippen LogP contribution in [-0.2, 0) is 6.18 Å². The Morgan fingerprint density at radius 2 is 1.96 bits per heavy atom. The number of aromatic nitrogens is 8. The van der Waals surface area contributed by atoms with Gasteiger partial charge in [-0.3, -0.25) is 15.0 Å². The lowest BCUT2D eigenvalue weighted by molar-refractivity contribution is -0.144. The molecular weight excluding hydrogens is 386 g/mol. The van der Waals surface area contributed by atoms with Gasteiger partial charge in [0.2, 0.25) is 11.6 Å². The number of hydrogen-bond acceptors (Lipinski definition) is 6. The lowest BCUT2D eigenvalue weighted by Crippen LogP contribution is -2.15. The number of halogens is 4. The second-order valence-electron chi connectivity index (χ2n) is 5.59. The van der Waals surface area contributed by atoms with E-state index in [1.165, 1.54) is 25.1 Å². The number of anilines is 1. The van der Waals surface area contributed by atoms with Gasteiger partial charge in [-0.05, 0) is 25.1 Å². The Morgan fingerprint density at radius 3 is 2.68 bits per heavy atom. The number of carbonyl (C=O) groups is 1. The van der Waals surface area contributed by atoms with Gasteiger partial charge in [-0.1, -0.05) is 0 Å². The molecule has 4 aromatic rings. The number of nitrogens with one attached hydrogen (secondary N) is 3. The van der Waals surface area contributed by atoms with Crippen LogP contribution in [0.2, 0.25) is 0 Å². The molecule has 28 heavy (non-hydrogen) atoms. The zero-order valence-corrected chi connectivity index (χ0v) is 13.8. The third-order valence-corrected chi connectivity index (χ3v) is 3.66. The van der Waals surface area contributed by atoms with Crippen molar-refractivity contribution in [3.05, 3.63) is 41.5 Å². The summed E-state index contributed by atoms with van der Waals surface area (Å²) >= 11 is 0. The third-order valence-electron chi connectivity index (χ3n) is 3.66. The molecule has 14 heteroatoms. The first kappa shape index (κ1) is 17.6. The number of nitrogens with zero attached hydrogens (tertiary/aromatic N) is 6. The van der Waals surface area contributed by atoms with Crippen molar-refractivity contribution in [1.82, 2.24) is 40.1 Å². The minimum atomic E-state index is -4.71. The van der Waals surface area contributed by atoms with Gasteiger partial charge in [0, 0.05) is 5.39 Å². The normalized spacial score (nSPS) is 11.9. The van der Waals surface area contributed by atoms with E-state index in [0.29, 0.717) is 10.9 Å². The van der Waals surface area contributed by atoms with E-state index in [2.05, 4.69) is 35.7 Å². The van der Waals surface area contributed by atoms with Crippen LogP contribution in [0.5, 0.6) is 0 Å². The van der Waals surface area contributed by atoms with Crippen LogP contribution in [0.1, 0.15) is 22.3 Å². The third kappa shape index (κ3) is 3.04. The number of H-pyrrole nitrogens is 2. The van der Waals surface area contributed by atoms with E-state index in [1.54, 1.807) is 5.10 Å². The largest absolute Gasteiger partial charge is 0.451 e. The number of amides is 1. The SMILES string of the molecule is Cc1nc(C(=O)Nc2n[nH]c3ccc(F)cc23)nn1-c1n[nH]c(C(F)(F)F)n1. The zero-order valence-electron chi connectivity index (χ0n) is 13.8. The van der Waals surface area contributed by atoms with Crippen LogP contribution in [0.25, 0.3) is 16.9 Å². The lowest BCUT2D eigenvalue weighted by Gasteiger charge is -1.99. The number of aryl methyl sites for hydroxylation is 1. The van der Waals surface area contributed by atoms with Gasteiger partial charge in [-0.25, -0.2) is 9.37 Å². The van der Waals surface area contributed by atoms with E-state index in [4.69, 9.17) is 0 Å². The molecule has 1 amide bonds. The van der Waals surface area contributed by atoms with Crippen molar-refractivity contribution in [3.63, 3.8) is 0 Å². The van der Waals surface area contributed by atoms with Gasteiger partial charge in [-0.2, -0.15) is 27.9 Å². The minimum Gasteiger partial charge on any atom is -0.302 e. The highest BCUT2D eigenvalue weighted by atomic mass is 19.4. The number of alkyl halides is 3. The maximum absolute atomic E-state index is 13.4. The van der Waals surface area contributed by atoms with Gasteiger partial charge in [0.15, 0.2) is 5.82 Å². The van der Waals surface area contributed by atoms with E-state index in [-0.39, 0.29) is 17.5 Å². The van der Waals surface area contributed by atoms with Gasteiger partial charge in [0.05, 0.1) is 5.52 Å². The predicted octanol–water partition coefficient (Wildman–Crippen LogP) is 1.98. The van der Waals surface area contributed by atoms with Crippen molar-refractivity contribution in [2.75, 3.05) is 5.32 Å². The van der Waals surface area contributed by atoms with Crippen LogP contribution in [0.3, 0.4) is 0 Å². The maximum Gasteiger partial charge on any atom is 0.451 e. The molecule has 0 aliphatic rings. The predicted molar refractivity (Wildman–Crippen MR) is 85.0 cm³/mol. The highest BCUT2D eigenvalue weighted by Crippen LogP contribution is 2.26. The van der Waals surface area contributed by atoms with Crippen molar-refractivity contribution in [2.24, 2.45) is 0 Å². The first-order valence-electron chi connectivity index (χ1n) is 7.61. The van der Waals surface area contributed by atoms with Crippen molar-refractivity contribution in [2.45, 2.75) is 13.1 Å².